The number of carbonyl (C=O) groups is 4. The Morgan fingerprint density at radius 3 is 2.50 bits per heavy atom. The van der Waals surface area contributed by atoms with Crippen molar-refractivity contribution in [3.8, 4) is 0 Å². The van der Waals surface area contributed by atoms with Gasteiger partial charge in [-0.3, -0.25) is 19.2 Å². The van der Waals surface area contributed by atoms with E-state index < -0.39 is 81.2 Å². The van der Waals surface area contributed by atoms with Gasteiger partial charge in [0.15, 0.2) is 22.4 Å². The minimum atomic E-state index is -2.87. The number of ether oxygens (including phenoxy) is 2. The average Bonchev–Trinajstić information content (AvgIpc) is 3.16. The van der Waals surface area contributed by atoms with Gasteiger partial charge in [0.2, 0.25) is 4.87 Å². The van der Waals surface area contributed by atoms with Gasteiger partial charge in [0.25, 0.3) is 11.8 Å². The number of hydrogen-bond acceptors (Lipinski definition) is 10. The largest absolute Gasteiger partial charge is 0.456 e. The molecule has 5 heterocycles. The van der Waals surface area contributed by atoms with E-state index in [0.717, 1.165) is 38.3 Å². The Morgan fingerprint density at radius 1 is 1.31 bits per heavy atom. The summed E-state index contributed by atoms with van der Waals surface area (Å²) in [5, 5.41) is 22.3. The lowest BCUT2D eigenvalue weighted by atomic mass is 9.76. The molecule has 0 aromatic carbocycles. The number of Topliss-reactive ketones (excluding diaryl/α,β-unsaturated/α-hetero) is 1. The molecule has 5 saturated heterocycles. The fourth-order valence-electron chi connectivity index (χ4n) is 5.67. The summed E-state index contributed by atoms with van der Waals surface area (Å²) in [5.41, 5.74) is -5.61. The average molecular weight is 489 g/mol. The molecule has 2 bridgehead atoms. The van der Waals surface area contributed by atoms with Gasteiger partial charge < -0.3 is 29.5 Å². The molecule has 12 heteroatoms. The number of nitrogens with zero attached hydrogens (tertiary/aromatic N) is 2. The number of aliphatic hydroxyl groups is 2. The highest BCUT2D eigenvalue weighted by Gasteiger charge is 2.84. The first-order valence-electron chi connectivity index (χ1n) is 11.3. The van der Waals surface area contributed by atoms with E-state index in [0.29, 0.717) is 0 Å². The van der Waals surface area contributed by atoms with Crippen molar-refractivity contribution in [2.45, 2.75) is 79.7 Å². The van der Waals surface area contributed by atoms with E-state index in [1.54, 1.807) is 20.8 Å². The highest BCUT2D eigenvalue weighted by molar-refractivity contribution is 8.78. The molecule has 1 saturated carbocycles. The molecule has 0 aromatic rings. The first kappa shape index (κ1) is 20.1. The second-order valence-electron chi connectivity index (χ2n) is 9.65. The van der Waals surface area contributed by atoms with Crippen LogP contribution in [0.4, 0.5) is 0 Å². The van der Waals surface area contributed by atoms with Crippen molar-refractivity contribution in [2.24, 2.45) is 5.41 Å². The molecule has 0 radical (unpaired) electrons. The molecule has 32 heavy (non-hydrogen) atoms. The van der Waals surface area contributed by atoms with E-state index in [1.165, 1.54) is 7.05 Å². The number of fused-ring (bicyclic) bond motifs is 3. The van der Waals surface area contributed by atoms with Crippen LogP contribution in [0.25, 0.3) is 0 Å². The summed E-state index contributed by atoms with van der Waals surface area (Å²) in [4.78, 5) is 51.3. The number of aliphatic hydroxyl groups excluding tert-OH is 1. The molecule has 1 aliphatic carbocycles. The van der Waals surface area contributed by atoms with Gasteiger partial charge in [-0.15, -0.1) is 0 Å². The van der Waals surface area contributed by atoms with Crippen LogP contribution in [0.3, 0.4) is 0 Å². The minimum absolute atomic E-state index is 0.370. The zero-order valence-electron chi connectivity index (χ0n) is 20.2. The van der Waals surface area contributed by atoms with E-state index >= 15 is 0 Å². The molecule has 0 unspecified atom stereocenters. The second kappa shape index (κ2) is 6.21. The van der Waals surface area contributed by atoms with Crippen LogP contribution >= 0.6 is 21.6 Å². The zero-order valence-corrected chi connectivity index (χ0v) is 19.8. The predicted molar refractivity (Wildman–Crippen MR) is 113 cm³/mol. The number of likely N-dealkylation sites (N-methyl/N-ethyl adjacent to an activating group) is 1. The van der Waals surface area contributed by atoms with Crippen molar-refractivity contribution in [2.75, 3.05) is 13.7 Å². The molecule has 5 aliphatic heterocycles. The maximum absolute atomic E-state index is 13.8. The van der Waals surface area contributed by atoms with Crippen LogP contribution in [-0.2, 0) is 28.7 Å². The Balaban J connectivity index is 1.76. The van der Waals surface area contributed by atoms with Gasteiger partial charge in [-0.1, -0.05) is 24.6 Å². The molecule has 6 fully saturated rings. The molecular formula is C20H26N2O8S2. The molecule has 176 valence electrons. The van der Waals surface area contributed by atoms with Gasteiger partial charge in [-0.25, -0.2) is 0 Å². The normalized spacial score (nSPS) is 51.1. The third-order valence-corrected chi connectivity index (χ3v) is 11.2. The Hall–Kier alpha value is -1.34. The summed E-state index contributed by atoms with van der Waals surface area (Å²) in [6.07, 6.45) is -5.70. The van der Waals surface area contributed by atoms with Gasteiger partial charge in [-0.2, -0.15) is 0 Å². The fraction of sp³-hybridized carbons (Fsp3) is 0.800. The maximum atomic E-state index is 13.8. The topological polar surface area (TPSA) is 134 Å². The van der Waals surface area contributed by atoms with Crippen LogP contribution in [0.5, 0.6) is 0 Å². The third-order valence-electron chi connectivity index (χ3n) is 7.71. The Bertz CT molecular complexity index is 1060. The highest BCUT2D eigenvalue weighted by atomic mass is 33.1. The number of esters is 1. The molecule has 2 spiro atoms. The molecule has 7 atom stereocenters. The van der Waals surface area contributed by atoms with E-state index in [9.17, 15) is 29.4 Å². The molecule has 6 aliphatic rings. The number of hydrogen-bond donors (Lipinski definition) is 2. The zero-order chi connectivity index (χ0) is 25.4. The first-order valence-corrected chi connectivity index (χ1v) is 12.4. The summed E-state index contributed by atoms with van der Waals surface area (Å²) < 4.78 is 29.8. The van der Waals surface area contributed by atoms with Crippen LogP contribution in [0.2, 0.25) is 0 Å². The smallest absolute Gasteiger partial charge is 0.303 e. The van der Waals surface area contributed by atoms with Crippen molar-refractivity contribution in [3.63, 3.8) is 0 Å². The summed E-state index contributed by atoms with van der Waals surface area (Å²) in [6.45, 7) is 5.28. The molecule has 2 N–H and O–H groups in total. The minimum Gasteiger partial charge on any atom is -0.456 e. The van der Waals surface area contributed by atoms with Gasteiger partial charge in [-0.05, 0) is 17.7 Å². The van der Waals surface area contributed by atoms with E-state index in [-0.39, 0.29) is 6.42 Å². The van der Waals surface area contributed by atoms with Crippen LogP contribution in [0, 0.1) is 5.41 Å². The Kier molecular flexibility index (Phi) is 3.89. The second-order valence-corrected chi connectivity index (χ2v) is 12.3. The molecule has 10 nitrogen and oxygen atoms in total. The third kappa shape index (κ3) is 2.16. The van der Waals surface area contributed by atoms with E-state index in [4.69, 9.17) is 12.2 Å². The van der Waals surface area contributed by atoms with Crippen molar-refractivity contribution in [1.82, 2.24) is 9.80 Å². The lowest BCUT2D eigenvalue weighted by molar-refractivity contribution is -0.189. The molecule has 2 amide bonds. The predicted octanol–water partition coefficient (Wildman–Crippen LogP) is -0.341. The van der Waals surface area contributed by atoms with Crippen LogP contribution in [0.15, 0.2) is 0 Å². The van der Waals surface area contributed by atoms with Crippen molar-refractivity contribution < 1.29 is 41.6 Å². The summed E-state index contributed by atoms with van der Waals surface area (Å²) in [5.74, 6) is -2.93. The summed E-state index contributed by atoms with van der Waals surface area (Å²) in [7, 11) is 2.91. The SMILES string of the molecule is [2H]C1([2H])[C@]2(O)[C@@H](C[C@]3(O[C@H](C)C(C)(C)C3=O)[C@H]2OC(C)=O)N2C(=O)[C@@]3(CO)SS[C@]21C(=O)N3C. The fourth-order valence-corrected chi connectivity index (χ4v) is 9.11. The summed E-state index contributed by atoms with van der Waals surface area (Å²) >= 11 is 0. The quantitative estimate of drug-likeness (QED) is 0.393. The lowest BCUT2D eigenvalue weighted by Gasteiger charge is -2.58. The molecule has 0 aromatic heterocycles. The van der Waals surface area contributed by atoms with Crippen molar-refractivity contribution in [1.29, 1.82) is 0 Å². The van der Waals surface area contributed by atoms with E-state index in [2.05, 4.69) is 0 Å². The van der Waals surface area contributed by atoms with Crippen LogP contribution < -0.4 is 0 Å². The lowest BCUT2D eigenvalue weighted by Crippen LogP contribution is -2.77. The van der Waals surface area contributed by atoms with Crippen LogP contribution in [0.1, 0.15) is 43.2 Å². The Labute approximate surface area is 195 Å². The Morgan fingerprint density at radius 2 is 1.97 bits per heavy atom. The van der Waals surface area contributed by atoms with Crippen molar-refractivity contribution in [3.05, 3.63) is 0 Å². The number of rotatable bonds is 2. The maximum Gasteiger partial charge on any atom is 0.303 e. The number of amides is 2. The number of piperazine rings is 1. The van der Waals surface area contributed by atoms with Gasteiger partial charge >= 0.3 is 5.97 Å². The standard InChI is InChI=1S/C20H26N2O8S2/c1-9-16(3,4)12(25)18(30-9)6-11-17(28,13(18)29-10(2)24)7-19-14(26)21(5)20(8-23,32-31-19)15(27)22(11)19/h9,11,13,23,28H,6-8H2,1-5H3/t9-,11-,13+,17+,18-,19-,20-/m1/s1/i7D2. The monoisotopic (exact) mass is 488 g/mol. The van der Waals surface area contributed by atoms with Gasteiger partial charge in [0, 0.05) is 29.5 Å². The number of carbonyl (C=O) groups excluding carboxylic acids is 4. The summed E-state index contributed by atoms with van der Waals surface area (Å²) in [6, 6.07) is -1.43. The van der Waals surface area contributed by atoms with Gasteiger partial charge in [0.1, 0.15) is 5.60 Å². The van der Waals surface area contributed by atoms with Gasteiger partial charge in [0.05, 0.1) is 24.2 Å². The first-order chi connectivity index (χ1) is 15.5. The molecular weight excluding hydrogens is 460 g/mol. The molecule has 6 rings (SSSR count). The van der Waals surface area contributed by atoms with E-state index in [1.807, 2.05) is 0 Å². The van der Waals surface area contributed by atoms with Crippen molar-refractivity contribution >= 4 is 45.2 Å². The highest BCUT2D eigenvalue weighted by Crippen LogP contribution is 2.69. The number of ketones is 1. The van der Waals surface area contributed by atoms with Crippen LogP contribution in [-0.4, -0.2) is 96.4 Å².